The van der Waals surface area contributed by atoms with Gasteiger partial charge in [-0.25, -0.2) is 8.42 Å². The maximum Gasteiger partial charge on any atom is 0.416 e. The first kappa shape index (κ1) is 14.2. The summed E-state index contributed by atoms with van der Waals surface area (Å²) in [6, 6.07) is 2.28. The molecule has 19 heavy (non-hydrogen) atoms. The van der Waals surface area contributed by atoms with Crippen LogP contribution >= 0.6 is 11.6 Å². The lowest BCUT2D eigenvalue weighted by Crippen LogP contribution is -2.21. The van der Waals surface area contributed by atoms with Gasteiger partial charge in [0.05, 0.1) is 28.1 Å². The SMILES string of the molecule is O=S1(=O)C=CC(Nc2cc(C(F)(F)F)ccc2Cl)C1. The minimum absolute atomic E-state index is 0.0586. The quantitative estimate of drug-likeness (QED) is 0.913. The topological polar surface area (TPSA) is 46.2 Å². The Kier molecular flexibility index (Phi) is 3.53. The molecule has 0 radical (unpaired) electrons. The average Bonchev–Trinajstić information content (AvgIpc) is 2.60. The molecule has 1 atom stereocenters. The fourth-order valence-corrected chi connectivity index (χ4v) is 3.08. The van der Waals surface area contributed by atoms with Crippen LogP contribution in [0.2, 0.25) is 5.02 Å². The van der Waals surface area contributed by atoms with Crippen molar-refractivity contribution in [2.45, 2.75) is 12.2 Å². The van der Waals surface area contributed by atoms with Crippen molar-refractivity contribution in [3.63, 3.8) is 0 Å². The summed E-state index contributed by atoms with van der Waals surface area (Å²) in [5, 5.41) is 3.82. The van der Waals surface area contributed by atoms with E-state index in [2.05, 4.69) is 5.32 Å². The van der Waals surface area contributed by atoms with E-state index in [1.165, 1.54) is 6.08 Å². The Morgan fingerprint density at radius 3 is 2.53 bits per heavy atom. The van der Waals surface area contributed by atoms with E-state index in [9.17, 15) is 21.6 Å². The Morgan fingerprint density at radius 2 is 2.00 bits per heavy atom. The lowest BCUT2D eigenvalue weighted by molar-refractivity contribution is -0.137. The van der Waals surface area contributed by atoms with Crippen molar-refractivity contribution in [2.24, 2.45) is 0 Å². The van der Waals surface area contributed by atoms with E-state index in [1.807, 2.05) is 0 Å². The molecule has 2 rings (SSSR count). The van der Waals surface area contributed by atoms with Gasteiger partial charge in [-0.05, 0) is 18.2 Å². The van der Waals surface area contributed by atoms with Gasteiger partial charge in [-0.1, -0.05) is 17.7 Å². The molecule has 1 aliphatic heterocycles. The lowest BCUT2D eigenvalue weighted by Gasteiger charge is -2.15. The fraction of sp³-hybridized carbons (Fsp3) is 0.273. The van der Waals surface area contributed by atoms with E-state index in [-0.39, 0.29) is 16.5 Å². The van der Waals surface area contributed by atoms with E-state index >= 15 is 0 Å². The molecule has 0 fully saturated rings. The minimum Gasteiger partial charge on any atom is -0.377 e. The number of alkyl halides is 3. The molecule has 1 heterocycles. The third-order valence-corrected chi connectivity index (χ3v) is 4.29. The maximum absolute atomic E-state index is 12.6. The van der Waals surface area contributed by atoms with Gasteiger partial charge in [0.25, 0.3) is 0 Å². The molecular formula is C11H9ClF3NO2S. The Labute approximate surface area is 113 Å². The molecular weight excluding hydrogens is 303 g/mol. The normalized spacial score (nSPS) is 21.6. The van der Waals surface area contributed by atoms with E-state index in [1.54, 1.807) is 0 Å². The van der Waals surface area contributed by atoms with Gasteiger partial charge in [-0.15, -0.1) is 0 Å². The molecule has 0 amide bonds. The van der Waals surface area contributed by atoms with Crippen molar-refractivity contribution in [1.29, 1.82) is 0 Å². The van der Waals surface area contributed by atoms with E-state index < -0.39 is 27.6 Å². The highest BCUT2D eigenvalue weighted by Crippen LogP contribution is 2.34. The Morgan fingerprint density at radius 1 is 1.32 bits per heavy atom. The van der Waals surface area contributed by atoms with E-state index in [0.29, 0.717) is 0 Å². The second-order valence-corrected chi connectivity index (χ2v) is 6.44. The van der Waals surface area contributed by atoms with Crippen molar-refractivity contribution in [2.75, 3.05) is 11.1 Å². The summed E-state index contributed by atoms with van der Waals surface area (Å²) in [7, 11) is -3.28. The minimum atomic E-state index is -4.47. The van der Waals surface area contributed by atoms with Gasteiger partial charge >= 0.3 is 6.18 Å². The molecule has 1 aromatic carbocycles. The first-order chi connectivity index (χ1) is 8.67. The van der Waals surface area contributed by atoms with Gasteiger partial charge in [-0.2, -0.15) is 13.2 Å². The fourth-order valence-electron chi connectivity index (χ4n) is 1.68. The summed E-state index contributed by atoms with van der Waals surface area (Å²) in [5.41, 5.74) is -0.785. The molecule has 1 N–H and O–H groups in total. The number of halogens is 4. The third-order valence-electron chi connectivity index (χ3n) is 2.56. The molecule has 0 bridgehead atoms. The first-order valence-corrected chi connectivity index (χ1v) is 7.31. The van der Waals surface area contributed by atoms with Crippen LogP contribution in [0.15, 0.2) is 29.7 Å². The number of hydrogen-bond acceptors (Lipinski definition) is 3. The van der Waals surface area contributed by atoms with Gasteiger partial charge in [0.1, 0.15) is 0 Å². The van der Waals surface area contributed by atoms with Crippen LogP contribution < -0.4 is 5.32 Å². The number of benzene rings is 1. The molecule has 0 aliphatic carbocycles. The summed E-state index contributed by atoms with van der Waals surface area (Å²) < 4.78 is 60.1. The van der Waals surface area contributed by atoms with Crippen molar-refractivity contribution >= 4 is 27.1 Å². The molecule has 1 unspecified atom stereocenters. The van der Waals surface area contributed by atoms with Crippen LogP contribution in [0, 0.1) is 0 Å². The standard InChI is InChI=1S/C11H9ClF3NO2S/c12-9-2-1-7(11(13,14)15)5-10(9)16-8-3-4-19(17,18)6-8/h1-5,8,16H,6H2. The molecule has 3 nitrogen and oxygen atoms in total. The average molecular weight is 312 g/mol. The zero-order valence-electron chi connectivity index (χ0n) is 9.41. The smallest absolute Gasteiger partial charge is 0.377 e. The summed E-state index contributed by atoms with van der Waals surface area (Å²) in [5.74, 6) is -0.195. The lowest BCUT2D eigenvalue weighted by atomic mass is 10.2. The Balaban J connectivity index is 2.24. The molecule has 0 spiro atoms. The number of anilines is 1. The third kappa shape index (κ3) is 3.42. The Bertz CT molecular complexity index is 625. The van der Waals surface area contributed by atoms with Crippen LogP contribution in [0.25, 0.3) is 0 Å². The molecule has 1 aliphatic rings. The van der Waals surface area contributed by atoms with Crippen LogP contribution in [-0.2, 0) is 16.0 Å². The van der Waals surface area contributed by atoms with Crippen LogP contribution in [0.1, 0.15) is 5.56 Å². The van der Waals surface area contributed by atoms with Gasteiger partial charge in [0.2, 0.25) is 0 Å². The summed E-state index contributed by atoms with van der Waals surface area (Å²) >= 11 is 5.79. The maximum atomic E-state index is 12.6. The highest BCUT2D eigenvalue weighted by atomic mass is 35.5. The van der Waals surface area contributed by atoms with Gasteiger partial charge in [0, 0.05) is 5.41 Å². The van der Waals surface area contributed by atoms with Crippen molar-refractivity contribution in [3.8, 4) is 0 Å². The van der Waals surface area contributed by atoms with E-state index in [0.717, 1.165) is 23.6 Å². The summed E-state index contributed by atoms with van der Waals surface area (Å²) in [4.78, 5) is 0. The number of hydrogen-bond donors (Lipinski definition) is 1. The van der Waals surface area contributed by atoms with Crippen LogP contribution in [0.5, 0.6) is 0 Å². The van der Waals surface area contributed by atoms with Crippen LogP contribution in [-0.4, -0.2) is 20.2 Å². The largest absolute Gasteiger partial charge is 0.416 e. The summed E-state index contributed by atoms with van der Waals surface area (Å²) in [6.07, 6.45) is -3.09. The highest BCUT2D eigenvalue weighted by Gasteiger charge is 2.31. The van der Waals surface area contributed by atoms with Gasteiger partial charge < -0.3 is 5.32 Å². The van der Waals surface area contributed by atoms with Crippen LogP contribution in [0.3, 0.4) is 0 Å². The number of sulfone groups is 1. The molecule has 0 aromatic heterocycles. The highest BCUT2D eigenvalue weighted by molar-refractivity contribution is 7.94. The number of nitrogens with one attached hydrogen (secondary N) is 1. The van der Waals surface area contributed by atoms with Gasteiger partial charge in [-0.3, -0.25) is 0 Å². The zero-order chi connectivity index (χ0) is 14.3. The van der Waals surface area contributed by atoms with Gasteiger partial charge in [0.15, 0.2) is 9.84 Å². The Hall–Kier alpha value is -1.21. The molecule has 0 saturated heterocycles. The predicted molar refractivity (Wildman–Crippen MR) is 66.8 cm³/mol. The molecule has 8 heteroatoms. The van der Waals surface area contributed by atoms with E-state index in [4.69, 9.17) is 11.6 Å². The van der Waals surface area contributed by atoms with Crippen molar-refractivity contribution in [1.82, 2.24) is 0 Å². The predicted octanol–water partition coefficient (Wildman–Crippen LogP) is 3.08. The first-order valence-electron chi connectivity index (χ1n) is 5.22. The monoisotopic (exact) mass is 311 g/mol. The van der Waals surface area contributed by atoms with Crippen molar-refractivity contribution < 1.29 is 21.6 Å². The second kappa shape index (κ2) is 4.72. The number of rotatable bonds is 2. The van der Waals surface area contributed by atoms with Crippen LogP contribution in [0.4, 0.5) is 18.9 Å². The zero-order valence-corrected chi connectivity index (χ0v) is 11.0. The second-order valence-electron chi connectivity index (χ2n) is 4.10. The van der Waals surface area contributed by atoms with Crippen molar-refractivity contribution in [3.05, 3.63) is 40.3 Å². The molecule has 104 valence electrons. The molecule has 1 aromatic rings. The summed E-state index contributed by atoms with van der Waals surface area (Å²) in [6.45, 7) is 0. The molecule has 0 saturated carbocycles.